The van der Waals surface area contributed by atoms with Gasteiger partial charge in [0, 0.05) is 18.8 Å². The van der Waals surface area contributed by atoms with Crippen molar-refractivity contribution in [3.8, 4) is 0 Å². The second-order valence-corrected chi connectivity index (χ2v) is 6.84. The Kier molecular flexibility index (Phi) is 4.48. The number of pyridine rings is 1. The van der Waals surface area contributed by atoms with Crippen molar-refractivity contribution in [2.24, 2.45) is 0 Å². The summed E-state index contributed by atoms with van der Waals surface area (Å²) in [6.07, 6.45) is 3.59. The molecule has 0 aliphatic rings. The normalized spacial score (nSPS) is 13.2. The average Bonchev–Trinajstić information content (AvgIpc) is 2.42. The molecule has 1 N–H and O–H groups in total. The van der Waals surface area contributed by atoms with Crippen LogP contribution in [0.3, 0.4) is 0 Å². The SMILES string of the molecule is Cc1cc(C(C)(C)C)cc(C)c1CC(O)c1cccnc1. The van der Waals surface area contributed by atoms with Gasteiger partial charge in [0.05, 0.1) is 6.10 Å². The quantitative estimate of drug-likeness (QED) is 0.912. The molecule has 21 heavy (non-hydrogen) atoms. The zero-order valence-electron chi connectivity index (χ0n) is 13.6. The summed E-state index contributed by atoms with van der Waals surface area (Å²) in [4.78, 5) is 4.08. The molecule has 0 radical (unpaired) electrons. The Morgan fingerprint density at radius 1 is 1.14 bits per heavy atom. The zero-order chi connectivity index (χ0) is 15.6. The molecule has 1 aromatic carbocycles. The fraction of sp³-hybridized carbons (Fsp3) is 0.421. The minimum Gasteiger partial charge on any atom is -0.388 e. The molecule has 2 heteroatoms. The van der Waals surface area contributed by atoms with Crippen molar-refractivity contribution in [3.63, 3.8) is 0 Å². The minimum atomic E-state index is -0.503. The van der Waals surface area contributed by atoms with Gasteiger partial charge in [-0.1, -0.05) is 39.0 Å². The molecule has 112 valence electrons. The molecule has 0 amide bonds. The van der Waals surface area contributed by atoms with Crippen molar-refractivity contribution in [2.75, 3.05) is 0 Å². The number of benzene rings is 1. The summed E-state index contributed by atoms with van der Waals surface area (Å²) in [5, 5.41) is 10.4. The fourth-order valence-corrected chi connectivity index (χ4v) is 2.63. The number of nitrogens with zero attached hydrogens (tertiary/aromatic N) is 1. The third-order valence-electron chi connectivity index (χ3n) is 4.03. The molecule has 0 aliphatic carbocycles. The third kappa shape index (κ3) is 3.70. The Labute approximate surface area is 127 Å². The highest BCUT2D eigenvalue weighted by Crippen LogP contribution is 2.29. The van der Waals surface area contributed by atoms with E-state index in [1.807, 2.05) is 12.1 Å². The lowest BCUT2D eigenvalue weighted by atomic mass is 9.83. The first-order valence-electron chi connectivity index (χ1n) is 7.47. The molecule has 0 bridgehead atoms. The van der Waals surface area contributed by atoms with Crippen LogP contribution in [0.4, 0.5) is 0 Å². The predicted molar refractivity (Wildman–Crippen MR) is 87.5 cm³/mol. The first-order valence-corrected chi connectivity index (χ1v) is 7.47. The van der Waals surface area contributed by atoms with Crippen molar-refractivity contribution in [1.29, 1.82) is 0 Å². The van der Waals surface area contributed by atoms with Crippen LogP contribution in [0.15, 0.2) is 36.7 Å². The van der Waals surface area contributed by atoms with E-state index in [4.69, 9.17) is 0 Å². The van der Waals surface area contributed by atoms with E-state index in [2.05, 4.69) is 51.7 Å². The first-order chi connectivity index (χ1) is 9.79. The molecule has 0 aliphatic heterocycles. The van der Waals surface area contributed by atoms with Crippen LogP contribution >= 0.6 is 0 Å². The van der Waals surface area contributed by atoms with E-state index >= 15 is 0 Å². The summed E-state index contributed by atoms with van der Waals surface area (Å²) in [6.45, 7) is 10.9. The molecular formula is C19H25NO. The lowest BCUT2D eigenvalue weighted by molar-refractivity contribution is 0.177. The summed E-state index contributed by atoms with van der Waals surface area (Å²) in [7, 11) is 0. The van der Waals surface area contributed by atoms with Gasteiger partial charge in [-0.15, -0.1) is 0 Å². The zero-order valence-corrected chi connectivity index (χ0v) is 13.6. The minimum absolute atomic E-state index is 0.149. The Balaban J connectivity index is 2.29. The van der Waals surface area contributed by atoms with Crippen LogP contribution in [-0.4, -0.2) is 10.1 Å². The maximum Gasteiger partial charge on any atom is 0.0845 e. The van der Waals surface area contributed by atoms with Crippen molar-refractivity contribution in [1.82, 2.24) is 4.98 Å². The van der Waals surface area contributed by atoms with Gasteiger partial charge >= 0.3 is 0 Å². The van der Waals surface area contributed by atoms with Crippen molar-refractivity contribution < 1.29 is 5.11 Å². The maximum atomic E-state index is 10.4. The molecule has 1 aromatic heterocycles. The third-order valence-corrected chi connectivity index (χ3v) is 4.03. The second kappa shape index (κ2) is 5.98. The maximum absolute atomic E-state index is 10.4. The van der Waals surface area contributed by atoms with Gasteiger partial charge in [-0.25, -0.2) is 0 Å². The predicted octanol–water partition coefficient (Wildman–Crippen LogP) is 4.27. The Morgan fingerprint density at radius 3 is 2.24 bits per heavy atom. The number of aliphatic hydroxyl groups excluding tert-OH is 1. The largest absolute Gasteiger partial charge is 0.388 e. The number of hydrogen-bond acceptors (Lipinski definition) is 2. The molecule has 0 spiro atoms. The molecule has 2 aromatic rings. The summed E-state index contributed by atoms with van der Waals surface area (Å²) >= 11 is 0. The summed E-state index contributed by atoms with van der Waals surface area (Å²) < 4.78 is 0. The highest BCUT2D eigenvalue weighted by molar-refractivity contribution is 5.41. The number of aryl methyl sites for hydroxylation is 2. The molecule has 0 fully saturated rings. The van der Waals surface area contributed by atoms with E-state index in [-0.39, 0.29) is 5.41 Å². The van der Waals surface area contributed by atoms with Crippen LogP contribution in [0.1, 0.15) is 54.7 Å². The Hall–Kier alpha value is -1.67. The molecular weight excluding hydrogens is 258 g/mol. The van der Waals surface area contributed by atoms with E-state index in [1.54, 1.807) is 12.4 Å². The lowest BCUT2D eigenvalue weighted by Gasteiger charge is -2.23. The van der Waals surface area contributed by atoms with Gasteiger partial charge < -0.3 is 5.11 Å². The summed E-state index contributed by atoms with van der Waals surface area (Å²) in [5.41, 5.74) is 6.11. The average molecular weight is 283 g/mol. The monoisotopic (exact) mass is 283 g/mol. The number of hydrogen-bond donors (Lipinski definition) is 1. The van der Waals surface area contributed by atoms with Crippen LogP contribution in [0.2, 0.25) is 0 Å². The van der Waals surface area contributed by atoms with Crippen LogP contribution in [-0.2, 0) is 11.8 Å². The molecule has 0 saturated heterocycles. The van der Waals surface area contributed by atoms with Crippen LogP contribution in [0, 0.1) is 13.8 Å². The highest BCUT2D eigenvalue weighted by atomic mass is 16.3. The van der Waals surface area contributed by atoms with E-state index in [0.717, 1.165) is 5.56 Å². The van der Waals surface area contributed by atoms with Crippen molar-refractivity contribution in [3.05, 3.63) is 64.5 Å². The molecule has 0 saturated carbocycles. The van der Waals surface area contributed by atoms with Gasteiger partial charge in [-0.3, -0.25) is 4.98 Å². The van der Waals surface area contributed by atoms with Gasteiger partial charge in [-0.05, 0) is 53.1 Å². The van der Waals surface area contributed by atoms with E-state index in [9.17, 15) is 5.11 Å². The van der Waals surface area contributed by atoms with Crippen LogP contribution < -0.4 is 0 Å². The van der Waals surface area contributed by atoms with Gasteiger partial charge in [0.2, 0.25) is 0 Å². The van der Waals surface area contributed by atoms with E-state index < -0.39 is 6.10 Å². The van der Waals surface area contributed by atoms with Crippen LogP contribution in [0.25, 0.3) is 0 Å². The van der Waals surface area contributed by atoms with Gasteiger partial charge in [0.25, 0.3) is 0 Å². The Morgan fingerprint density at radius 2 is 1.76 bits per heavy atom. The molecule has 1 unspecified atom stereocenters. The number of rotatable bonds is 3. The topological polar surface area (TPSA) is 33.1 Å². The van der Waals surface area contributed by atoms with Gasteiger partial charge in [-0.2, -0.15) is 0 Å². The van der Waals surface area contributed by atoms with E-state index in [0.29, 0.717) is 6.42 Å². The summed E-state index contributed by atoms with van der Waals surface area (Å²) in [5.74, 6) is 0. The molecule has 2 rings (SSSR count). The number of aliphatic hydroxyl groups is 1. The van der Waals surface area contributed by atoms with Crippen molar-refractivity contribution in [2.45, 2.75) is 52.6 Å². The second-order valence-electron chi connectivity index (χ2n) is 6.84. The van der Waals surface area contributed by atoms with E-state index in [1.165, 1.54) is 22.3 Å². The highest BCUT2D eigenvalue weighted by Gasteiger charge is 2.18. The molecule has 1 atom stereocenters. The number of aromatic nitrogens is 1. The van der Waals surface area contributed by atoms with Gasteiger partial charge in [0.15, 0.2) is 0 Å². The lowest BCUT2D eigenvalue weighted by Crippen LogP contribution is -2.13. The standard InChI is InChI=1S/C19H25NO/c1-13-9-16(19(3,4)5)10-14(2)17(13)11-18(21)15-7-6-8-20-12-15/h6-10,12,18,21H,11H2,1-5H3. The summed E-state index contributed by atoms with van der Waals surface area (Å²) in [6, 6.07) is 8.28. The van der Waals surface area contributed by atoms with Gasteiger partial charge in [0.1, 0.15) is 0 Å². The Bertz CT molecular complexity index is 588. The molecule has 1 heterocycles. The smallest absolute Gasteiger partial charge is 0.0845 e. The first kappa shape index (κ1) is 15.7. The van der Waals surface area contributed by atoms with Crippen molar-refractivity contribution >= 4 is 0 Å². The van der Waals surface area contributed by atoms with Crippen LogP contribution in [0.5, 0.6) is 0 Å². The molecule has 2 nitrogen and oxygen atoms in total. The fourth-order valence-electron chi connectivity index (χ4n) is 2.63.